The van der Waals surface area contributed by atoms with Crippen LogP contribution in [-0.2, 0) is 9.59 Å². The van der Waals surface area contributed by atoms with Crippen molar-refractivity contribution in [1.29, 1.82) is 0 Å². The molecule has 2 heterocycles. The Hall–Kier alpha value is -2.96. The van der Waals surface area contributed by atoms with Gasteiger partial charge in [0.2, 0.25) is 11.8 Å². The van der Waals surface area contributed by atoms with Crippen LogP contribution < -0.4 is 4.90 Å². The summed E-state index contributed by atoms with van der Waals surface area (Å²) < 4.78 is 0. The van der Waals surface area contributed by atoms with Crippen molar-refractivity contribution in [2.75, 3.05) is 37.6 Å². The molecule has 1 fully saturated rings. The lowest BCUT2D eigenvalue weighted by atomic mass is 10.1. The smallest absolute Gasteiger partial charge is 0.242 e. The standard InChI is InChI=1S/C25H35N5O2/c1-6-20(5)30(25(32)18(2)3)17-24(31)29-15-13-28(14-16-29)23-12-11-22(26-27-23)21-9-7-19(4)8-10-21/h7-12,18,20H,6,13-17H2,1-5H3. The number of aromatic nitrogens is 2. The van der Waals surface area contributed by atoms with Crippen LogP contribution in [0.1, 0.15) is 39.7 Å². The van der Waals surface area contributed by atoms with Gasteiger partial charge in [-0.2, -0.15) is 0 Å². The van der Waals surface area contributed by atoms with Crippen LogP contribution in [-0.4, -0.2) is 70.6 Å². The van der Waals surface area contributed by atoms with Crippen LogP contribution in [0.25, 0.3) is 11.3 Å². The first-order valence-corrected chi connectivity index (χ1v) is 11.5. The Morgan fingerprint density at radius 3 is 2.16 bits per heavy atom. The van der Waals surface area contributed by atoms with Gasteiger partial charge in [-0.3, -0.25) is 9.59 Å². The molecule has 0 spiro atoms. The zero-order valence-corrected chi connectivity index (χ0v) is 19.9. The molecule has 1 aromatic heterocycles. The van der Waals surface area contributed by atoms with Crippen LogP contribution in [0.15, 0.2) is 36.4 Å². The molecule has 0 N–H and O–H groups in total. The summed E-state index contributed by atoms with van der Waals surface area (Å²) in [5, 5.41) is 8.81. The van der Waals surface area contributed by atoms with Crippen molar-refractivity contribution in [2.45, 2.75) is 47.1 Å². The second kappa shape index (κ2) is 10.6. The number of carbonyl (C=O) groups excluding carboxylic acids is 2. The molecule has 1 unspecified atom stereocenters. The zero-order valence-electron chi connectivity index (χ0n) is 19.9. The van der Waals surface area contributed by atoms with Crippen molar-refractivity contribution in [3.05, 3.63) is 42.0 Å². The quantitative estimate of drug-likeness (QED) is 0.664. The number of carbonyl (C=O) groups is 2. The van der Waals surface area contributed by atoms with Gasteiger partial charge in [0.1, 0.15) is 0 Å². The first-order chi connectivity index (χ1) is 15.3. The van der Waals surface area contributed by atoms with Crippen LogP contribution in [0.2, 0.25) is 0 Å². The Labute approximate surface area is 191 Å². The Bertz CT molecular complexity index is 903. The summed E-state index contributed by atoms with van der Waals surface area (Å²) in [7, 11) is 0. The molecular formula is C25H35N5O2. The Morgan fingerprint density at radius 2 is 1.62 bits per heavy atom. The fraction of sp³-hybridized carbons (Fsp3) is 0.520. The van der Waals surface area contributed by atoms with Crippen LogP contribution in [0.3, 0.4) is 0 Å². The number of rotatable bonds is 7. The monoisotopic (exact) mass is 437 g/mol. The number of anilines is 1. The number of amides is 2. The lowest BCUT2D eigenvalue weighted by molar-refractivity contribution is -0.144. The average Bonchev–Trinajstić information content (AvgIpc) is 2.82. The van der Waals surface area contributed by atoms with Crippen molar-refractivity contribution in [3.8, 4) is 11.3 Å². The highest BCUT2D eigenvalue weighted by molar-refractivity contribution is 5.86. The summed E-state index contributed by atoms with van der Waals surface area (Å²) in [6.07, 6.45) is 0.830. The molecule has 3 rings (SSSR count). The Balaban J connectivity index is 1.57. The van der Waals surface area contributed by atoms with Gasteiger partial charge in [-0.25, -0.2) is 0 Å². The van der Waals surface area contributed by atoms with Crippen molar-refractivity contribution >= 4 is 17.6 Å². The lowest BCUT2D eigenvalue weighted by Crippen LogP contribution is -2.53. The van der Waals surface area contributed by atoms with E-state index in [1.807, 2.05) is 44.7 Å². The van der Waals surface area contributed by atoms with Crippen LogP contribution in [0.4, 0.5) is 5.82 Å². The van der Waals surface area contributed by atoms with Crippen molar-refractivity contribution in [1.82, 2.24) is 20.0 Å². The summed E-state index contributed by atoms with van der Waals surface area (Å²) in [4.78, 5) is 31.2. The molecule has 1 aromatic carbocycles. The van der Waals surface area contributed by atoms with E-state index in [4.69, 9.17) is 0 Å². The van der Waals surface area contributed by atoms with E-state index in [0.29, 0.717) is 26.2 Å². The maximum atomic E-state index is 12.9. The first kappa shape index (κ1) is 23.7. The van der Waals surface area contributed by atoms with Gasteiger partial charge in [0.05, 0.1) is 12.2 Å². The number of benzene rings is 1. The summed E-state index contributed by atoms with van der Waals surface area (Å²) >= 11 is 0. The molecule has 7 nitrogen and oxygen atoms in total. The molecule has 2 amide bonds. The third-order valence-corrected chi connectivity index (χ3v) is 6.16. The fourth-order valence-corrected chi connectivity index (χ4v) is 3.81. The molecule has 1 saturated heterocycles. The van der Waals surface area contributed by atoms with E-state index in [1.165, 1.54) is 5.56 Å². The number of piperazine rings is 1. The molecule has 7 heteroatoms. The van der Waals surface area contributed by atoms with Gasteiger partial charge in [0, 0.05) is 43.7 Å². The van der Waals surface area contributed by atoms with Crippen molar-refractivity contribution in [2.24, 2.45) is 5.92 Å². The number of nitrogens with zero attached hydrogens (tertiary/aromatic N) is 5. The van der Waals surface area contributed by atoms with Gasteiger partial charge in [-0.15, -0.1) is 10.2 Å². The molecule has 0 saturated carbocycles. The number of hydrogen-bond acceptors (Lipinski definition) is 5. The molecule has 2 aromatic rings. The van der Waals surface area contributed by atoms with E-state index in [2.05, 4.69) is 46.3 Å². The third-order valence-electron chi connectivity index (χ3n) is 6.16. The van der Waals surface area contributed by atoms with E-state index in [9.17, 15) is 9.59 Å². The van der Waals surface area contributed by atoms with E-state index in [0.717, 1.165) is 23.5 Å². The number of aryl methyl sites for hydroxylation is 1. The predicted octanol–water partition coefficient (Wildman–Crippen LogP) is 3.38. The minimum atomic E-state index is -0.116. The van der Waals surface area contributed by atoms with Gasteiger partial charge in [-0.05, 0) is 32.4 Å². The van der Waals surface area contributed by atoms with Crippen LogP contribution >= 0.6 is 0 Å². The molecule has 0 radical (unpaired) electrons. The fourth-order valence-electron chi connectivity index (χ4n) is 3.81. The summed E-state index contributed by atoms with van der Waals surface area (Å²) in [6.45, 7) is 12.7. The largest absolute Gasteiger partial charge is 0.352 e. The maximum Gasteiger partial charge on any atom is 0.242 e. The third kappa shape index (κ3) is 5.64. The first-order valence-electron chi connectivity index (χ1n) is 11.5. The molecule has 172 valence electrons. The second-order valence-electron chi connectivity index (χ2n) is 8.89. The second-order valence-corrected chi connectivity index (χ2v) is 8.89. The average molecular weight is 438 g/mol. The minimum Gasteiger partial charge on any atom is -0.352 e. The van der Waals surface area contributed by atoms with Crippen molar-refractivity contribution in [3.63, 3.8) is 0 Å². The molecule has 0 bridgehead atoms. The molecule has 1 aliphatic rings. The minimum absolute atomic E-state index is 0.0137. The SMILES string of the molecule is CCC(C)N(CC(=O)N1CCN(c2ccc(-c3ccc(C)cc3)nn2)CC1)C(=O)C(C)C. The molecule has 0 aliphatic carbocycles. The van der Waals surface area contributed by atoms with E-state index in [1.54, 1.807) is 4.90 Å². The van der Waals surface area contributed by atoms with Gasteiger partial charge in [0.15, 0.2) is 5.82 Å². The van der Waals surface area contributed by atoms with E-state index < -0.39 is 0 Å². The van der Waals surface area contributed by atoms with Gasteiger partial charge in [-0.1, -0.05) is 50.6 Å². The normalized spacial score (nSPS) is 15.1. The van der Waals surface area contributed by atoms with Gasteiger partial charge < -0.3 is 14.7 Å². The Morgan fingerprint density at radius 1 is 0.969 bits per heavy atom. The van der Waals surface area contributed by atoms with E-state index in [-0.39, 0.29) is 30.3 Å². The highest BCUT2D eigenvalue weighted by Crippen LogP contribution is 2.20. The van der Waals surface area contributed by atoms with Crippen molar-refractivity contribution < 1.29 is 9.59 Å². The van der Waals surface area contributed by atoms with Gasteiger partial charge in [0.25, 0.3) is 0 Å². The lowest BCUT2D eigenvalue weighted by Gasteiger charge is -2.37. The van der Waals surface area contributed by atoms with Crippen LogP contribution in [0, 0.1) is 12.8 Å². The highest BCUT2D eigenvalue weighted by Gasteiger charge is 2.28. The topological polar surface area (TPSA) is 69.6 Å². The molecular weight excluding hydrogens is 402 g/mol. The van der Waals surface area contributed by atoms with E-state index >= 15 is 0 Å². The molecule has 32 heavy (non-hydrogen) atoms. The Kier molecular flexibility index (Phi) is 7.83. The summed E-state index contributed by atoms with van der Waals surface area (Å²) in [5.41, 5.74) is 3.11. The molecule has 1 aliphatic heterocycles. The zero-order chi connectivity index (χ0) is 23.3. The number of hydrogen-bond donors (Lipinski definition) is 0. The highest BCUT2D eigenvalue weighted by atomic mass is 16.2. The maximum absolute atomic E-state index is 12.9. The summed E-state index contributed by atoms with van der Waals surface area (Å²) in [5.74, 6) is 0.759. The molecule has 1 atom stereocenters. The van der Waals surface area contributed by atoms with Crippen LogP contribution in [0.5, 0.6) is 0 Å². The predicted molar refractivity (Wildman–Crippen MR) is 127 cm³/mol. The van der Waals surface area contributed by atoms with Gasteiger partial charge >= 0.3 is 0 Å². The summed E-state index contributed by atoms with van der Waals surface area (Å²) in [6, 6.07) is 12.3.